The lowest BCUT2D eigenvalue weighted by Gasteiger charge is -2.36. The van der Waals surface area contributed by atoms with Gasteiger partial charge in [-0.25, -0.2) is 16.1 Å². The molecule has 1 saturated heterocycles. The van der Waals surface area contributed by atoms with E-state index in [9.17, 15) is 9.59 Å². The number of hydrogen-bond acceptors (Lipinski definition) is 4. The van der Waals surface area contributed by atoms with Gasteiger partial charge in [0.1, 0.15) is 0 Å². The fourth-order valence-corrected chi connectivity index (χ4v) is 2.44. The Morgan fingerprint density at radius 1 is 1.24 bits per heavy atom. The van der Waals surface area contributed by atoms with Gasteiger partial charge in [0.2, 0.25) is 5.91 Å². The number of nitrogens with zero attached hydrogens (tertiary/aromatic N) is 1. The summed E-state index contributed by atoms with van der Waals surface area (Å²) >= 11 is 0. The molecule has 0 bridgehead atoms. The van der Waals surface area contributed by atoms with Gasteiger partial charge in [-0.3, -0.25) is 15.6 Å². The number of piperidine rings is 1. The molecule has 0 saturated carbocycles. The third kappa shape index (κ3) is 4.44. The van der Waals surface area contributed by atoms with Gasteiger partial charge in [0.25, 0.3) is 0 Å². The number of urea groups is 1. The van der Waals surface area contributed by atoms with Crippen LogP contribution in [0, 0.1) is 0 Å². The minimum absolute atomic E-state index is 0.0494. The first kappa shape index (κ1) is 15.3. The average molecular weight is 291 g/mol. The lowest BCUT2D eigenvalue weighted by Crippen LogP contribution is -2.59. The predicted molar refractivity (Wildman–Crippen MR) is 78.5 cm³/mol. The second kappa shape index (κ2) is 7.61. The summed E-state index contributed by atoms with van der Waals surface area (Å²) in [6.45, 7) is 0.690. The molecule has 2 rings (SSSR count). The van der Waals surface area contributed by atoms with Crippen LogP contribution in [0.2, 0.25) is 0 Å². The van der Waals surface area contributed by atoms with Gasteiger partial charge < -0.3 is 4.90 Å². The van der Waals surface area contributed by atoms with E-state index < -0.39 is 6.03 Å². The topological polar surface area (TPSA) is 99.5 Å². The predicted octanol–water partition coefficient (Wildman–Crippen LogP) is 0.245. The van der Waals surface area contributed by atoms with E-state index in [0.29, 0.717) is 13.0 Å². The zero-order chi connectivity index (χ0) is 15.1. The third-order valence-corrected chi connectivity index (χ3v) is 3.50. The number of rotatable bonds is 4. The molecule has 5 N–H and O–H groups in total. The largest absolute Gasteiger partial charge is 0.343 e. The van der Waals surface area contributed by atoms with Gasteiger partial charge in [0, 0.05) is 6.54 Å². The summed E-state index contributed by atoms with van der Waals surface area (Å²) in [6, 6.07) is 9.10. The van der Waals surface area contributed by atoms with E-state index in [1.807, 2.05) is 35.8 Å². The van der Waals surface area contributed by atoms with Crippen LogP contribution in [-0.2, 0) is 11.2 Å². The SMILES string of the molecule is NNC(=O)NNC1CCCCN1C(=O)Cc1ccccc1. The molecule has 7 heteroatoms. The van der Waals surface area contributed by atoms with Crippen molar-refractivity contribution in [2.24, 2.45) is 5.84 Å². The van der Waals surface area contributed by atoms with Crippen LogP contribution in [0.5, 0.6) is 0 Å². The number of carbonyl (C=O) groups is 2. The average Bonchev–Trinajstić information content (AvgIpc) is 2.53. The van der Waals surface area contributed by atoms with E-state index in [1.54, 1.807) is 4.90 Å². The summed E-state index contributed by atoms with van der Waals surface area (Å²) in [4.78, 5) is 25.3. The van der Waals surface area contributed by atoms with Crippen LogP contribution in [-0.4, -0.2) is 29.5 Å². The number of carbonyl (C=O) groups excluding carboxylic acids is 2. The zero-order valence-corrected chi connectivity index (χ0v) is 11.8. The summed E-state index contributed by atoms with van der Waals surface area (Å²) in [7, 11) is 0. The normalized spacial score (nSPS) is 18.1. The molecule has 1 aromatic carbocycles. The van der Waals surface area contributed by atoms with Crippen LogP contribution in [0.4, 0.5) is 4.79 Å². The minimum atomic E-state index is -0.531. The number of benzene rings is 1. The van der Waals surface area contributed by atoms with Gasteiger partial charge in [0.05, 0.1) is 12.6 Å². The molecule has 7 nitrogen and oxygen atoms in total. The van der Waals surface area contributed by atoms with Crippen molar-refractivity contribution in [1.29, 1.82) is 0 Å². The van der Waals surface area contributed by atoms with Crippen molar-refractivity contribution in [1.82, 2.24) is 21.2 Å². The molecule has 21 heavy (non-hydrogen) atoms. The maximum Gasteiger partial charge on any atom is 0.343 e. The van der Waals surface area contributed by atoms with Crippen molar-refractivity contribution in [2.75, 3.05) is 6.54 Å². The van der Waals surface area contributed by atoms with Gasteiger partial charge in [-0.1, -0.05) is 30.3 Å². The Balaban J connectivity index is 1.94. The molecule has 1 aliphatic rings. The molecular weight excluding hydrogens is 270 g/mol. The van der Waals surface area contributed by atoms with Crippen LogP contribution in [0.15, 0.2) is 30.3 Å². The van der Waals surface area contributed by atoms with E-state index in [2.05, 4.69) is 10.9 Å². The number of nitrogens with two attached hydrogens (primary N) is 1. The van der Waals surface area contributed by atoms with Gasteiger partial charge in [-0.05, 0) is 24.8 Å². The van der Waals surface area contributed by atoms with Gasteiger partial charge >= 0.3 is 6.03 Å². The van der Waals surface area contributed by atoms with Crippen LogP contribution in [0.3, 0.4) is 0 Å². The maximum absolute atomic E-state index is 12.4. The molecule has 0 spiro atoms. The summed E-state index contributed by atoms with van der Waals surface area (Å²) < 4.78 is 0. The second-order valence-corrected chi connectivity index (χ2v) is 5.00. The second-order valence-electron chi connectivity index (χ2n) is 5.00. The van der Waals surface area contributed by atoms with E-state index in [4.69, 9.17) is 5.84 Å². The first-order chi connectivity index (χ1) is 10.2. The fourth-order valence-electron chi connectivity index (χ4n) is 2.44. The lowest BCUT2D eigenvalue weighted by atomic mass is 10.1. The Hall–Kier alpha value is -2.12. The molecule has 0 radical (unpaired) electrons. The standard InChI is InChI=1S/C14H21N5O2/c15-16-14(21)18-17-12-8-4-5-9-19(12)13(20)10-11-6-2-1-3-7-11/h1-3,6-7,12,17H,4-5,8-10,15H2,(H2,16,18,21). The fraction of sp³-hybridized carbons (Fsp3) is 0.429. The summed E-state index contributed by atoms with van der Waals surface area (Å²) in [5.41, 5.74) is 8.24. The van der Waals surface area contributed by atoms with Crippen molar-refractivity contribution in [3.05, 3.63) is 35.9 Å². The van der Waals surface area contributed by atoms with Crippen molar-refractivity contribution in [3.63, 3.8) is 0 Å². The van der Waals surface area contributed by atoms with E-state index in [0.717, 1.165) is 24.8 Å². The van der Waals surface area contributed by atoms with Crippen LogP contribution in [0.1, 0.15) is 24.8 Å². The zero-order valence-electron chi connectivity index (χ0n) is 11.8. The quantitative estimate of drug-likeness (QED) is 0.363. The Labute approximate surface area is 123 Å². The molecule has 0 aromatic heterocycles. The van der Waals surface area contributed by atoms with Gasteiger partial charge in [-0.2, -0.15) is 0 Å². The molecule has 1 unspecified atom stereocenters. The molecule has 1 aromatic rings. The highest BCUT2D eigenvalue weighted by Gasteiger charge is 2.26. The van der Waals surface area contributed by atoms with Crippen LogP contribution >= 0.6 is 0 Å². The number of hydrogen-bond donors (Lipinski definition) is 4. The molecule has 1 fully saturated rings. The Morgan fingerprint density at radius 2 is 2.00 bits per heavy atom. The summed E-state index contributed by atoms with van der Waals surface area (Å²) in [6.07, 6.45) is 2.95. The lowest BCUT2D eigenvalue weighted by molar-refractivity contribution is -0.135. The molecule has 0 aliphatic carbocycles. The first-order valence-electron chi connectivity index (χ1n) is 7.06. The highest BCUT2D eigenvalue weighted by Crippen LogP contribution is 2.16. The molecular formula is C14H21N5O2. The molecule has 114 valence electrons. The summed E-state index contributed by atoms with van der Waals surface area (Å²) in [5.74, 6) is 5.05. The Morgan fingerprint density at radius 3 is 2.71 bits per heavy atom. The highest BCUT2D eigenvalue weighted by atomic mass is 16.2. The first-order valence-corrected chi connectivity index (χ1v) is 7.06. The van der Waals surface area contributed by atoms with Crippen molar-refractivity contribution < 1.29 is 9.59 Å². The minimum Gasteiger partial charge on any atom is -0.325 e. The Kier molecular flexibility index (Phi) is 5.53. The number of nitrogens with one attached hydrogen (secondary N) is 3. The number of amides is 3. The van der Waals surface area contributed by atoms with E-state index in [-0.39, 0.29) is 12.1 Å². The maximum atomic E-state index is 12.4. The number of hydrazine groups is 2. The third-order valence-electron chi connectivity index (χ3n) is 3.50. The monoisotopic (exact) mass is 291 g/mol. The number of likely N-dealkylation sites (tertiary alicyclic amines) is 1. The molecule has 1 atom stereocenters. The Bertz CT molecular complexity index is 480. The van der Waals surface area contributed by atoms with E-state index in [1.165, 1.54) is 0 Å². The highest BCUT2D eigenvalue weighted by molar-refractivity contribution is 5.79. The van der Waals surface area contributed by atoms with Crippen LogP contribution < -0.4 is 22.1 Å². The smallest absolute Gasteiger partial charge is 0.325 e. The molecule has 1 aliphatic heterocycles. The van der Waals surface area contributed by atoms with Gasteiger partial charge in [0.15, 0.2) is 0 Å². The van der Waals surface area contributed by atoms with Crippen molar-refractivity contribution >= 4 is 11.9 Å². The summed E-state index contributed by atoms with van der Waals surface area (Å²) in [5, 5.41) is 0. The van der Waals surface area contributed by atoms with Crippen molar-refractivity contribution in [2.45, 2.75) is 31.8 Å². The van der Waals surface area contributed by atoms with Gasteiger partial charge in [-0.15, -0.1) is 0 Å². The molecule has 1 heterocycles. The van der Waals surface area contributed by atoms with Crippen LogP contribution in [0.25, 0.3) is 0 Å². The van der Waals surface area contributed by atoms with E-state index >= 15 is 0 Å². The van der Waals surface area contributed by atoms with Crippen molar-refractivity contribution in [3.8, 4) is 0 Å². The molecule has 3 amide bonds.